The first-order valence-corrected chi connectivity index (χ1v) is 5.40. The van der Waals surface area contributed by atoms with E-state index in [4.69, 9.17) is 10.5 Å². The van der Waals surface area contributed by atoms with Gasteiger partial charge >= 0.3 is 6.09 Å². The highest BCUT2D eigenvalue weighted by Gasteiger charge is 2.19. The third kappa shape index (κ3) is 2.61. The van der Waals surface area contributed by atoms with Crippen LogP contribution in [0.2, 0.25) is 0 Å². The monoisotopic (exact) mass is 236 g/mol. The number of nitrogens with two attached hydrogens (primary N) is 1. The van der Waals surface area contributed by atoms with Gasteiger partial charge in [-0.15, -0.1) is 0 Å². The summed E-state index contributed by atoms with van der Waals surface area (Å²) in [6, 6.07) is 4.34. The van der Waals surface area contributed by atoms with Gasteiger partial charge in [-0.1, -0.05) is 0 Å². The lowest BCUT2D eigenvalue weighted by atomic mass is 10.0. The molecule has 0 bridgehead atoms. The molecule has 1 unspecified atom stereocenters. The molecule has 1 heterocycles. The quantitative estimate of drug-likeness (QED) is 0.762. The third-order valence-electron chi connectivity index (χ3n) is 2.62. The molecule has 0 saturated carbocycles. The number of hydrogen-bond acceptors (Lipinski definition) is 3. The molecule has 1 aliphatic heterocycles. The molecular formula is C12H13FN2O2. The molecule has 1 amide bonds. The van der Waals surface area contributed by atoms with Gasteiger partial charge in [0, 0.05) is 11.3 Å². The molecule has 0 aliphatic carbocycles. The van der Waals surface area contributed by atoms with Crippen molar-refractivity contribution >= 4 is 17.5 Å². The Morgan fingerprint density at radius 2 is 2.29 bits per heavy atom. The summed E-state index contributed by atoms with van der Waals surface area (Å²) in [6.07, 6.45) is 0.282. The minimum atomic E-state index is -0.666. The van der Waals surface area contributed by atoms with E-state index in [1.807, 2.05) is 0 Å². The number of anilines is 1. The predicted molar refractivity (Wildman–Crippen MR) is 62.5 cm³/mol. The molecule has 0 aromatic heterocycles. The Bertz CT molecular complexity index is 485. The maximum absolute atomic E-state index is 13.7. The Morgan fingerprint density at radius 1 is 1.53 bits per heavy atom. The topological polar surface area (TPSA) is 64.7 Å². The van der Waals surface area contributed by atoms with E-state index in [-0.39, 0.29) is 6.10 Å². The molecule has 0 saturated heterocycles. The number of hydrogen-bond donors (Lipinski definition) is 1. The lowest BCUT2D eigenvalue weighted by Crippen LogP contribution is -2.08. The van der Waals surface area contributed by atoms with Crippen molar-refractivity contribution in [3.63, 3.8) is 0 Å². The van der Waals surface area contributed by atoms with Gasteiger partial charge in [0.1, 0.15) is 11.9 Å². The van der Waals surface area contributed by atoms with Crippen molar-refractivity contribution in [1.29, 1.82) is 0 Å². The summed E-state index contributed by atoms with van der Waals surface area (Å²) < 4.78 is 18.6. The molecule has 0 fully saturated rings. The van der Waals surface area contributed by atoms with Crippen LogP contribution in [0.1, 0.15) is 25.3 Å². The number of cyclic esters (lactones) is 1. The van der Waals surface area contributed by atoms with Crippen LogP contribution in [0.3, 0.4) is 0 Å². The molecule has 90 valence electrons. The van der Waals surface area contributed by atoms with Crippen LogP contribution in [0.4, 0.5) is 14.9 Å². The first-order chi connectivity index (χ1) is 8.06. The first-order valence-electron chi connectivity index (χ1n) is 5.40. The number of carbonyl (C=O) groups excluding carboxylic acids is 1. The van der Waals surface area contributed by atoms with Crippen molar-refractivity contribution in [2.45, 2.75) is 25.9 Å². The fourth-order valence-corrected chi connectivity index (χ4v) is 1.72. The Balaban J connectivity index is 2.35. The molecule has 2 N–H and O–H groups in total. The van der Waals surface area contributed by atoms with Gasteiger partial charge in [-0.2, -0.15) is 4.99 Å². The van der Waals surface area contributed by atoms with Crippen LogP contribution < -0.4 is 5.73 Å². The van der Waals surface area contributed by atoms with Crippen molar-refractivity contribution in [2.75, 3.05) is 5.73 Å². The lowest BCUT2D eigenvalue weighted by Gasteiger charge is -2.07. The van der Waals surface area contributed by atoms with Gasteiger partial charge in [-0.3, -0.25) is 0 Å². The number of aliphatic imine (C=N–C) groups is 1. The summed E-state index contributed by atoms with van der Waals surface area (Å²) in [5.74, 6) is -0.467. The summed E-state index contributed by atoms with van der Waals surface area (Å²) >= 11 is 0. The van der Waals surface area contributed by atoms with Crippen molar-refractivity contribution in [3.8, 4) is 0 Å². The summed E-state index contributed by atoms with van der Waals surface area (Å²) in [5.41, 5.74) is 6.53. The zero-order valence-corrected chi connectivity index (χ0v) is 9.44. The molecule has 0 radical (unpaired) electrons. The van der Waals surface area contributed by atoms with Crippen LogP contribution in [0.15, 0.2) is 23.2 Å². The molecule has 1 aromatic carbocycles. The highest BCUT2D eigenvalue weighted by atomic mass is 19.1. The number of benzene rings is 1. The fourth-order valence-electron chi connectivity index (χ4n) is 1.72. The maximum Gasteiger partial charge on any atom is 0.434 e. The molecule has 4 nitrogen and oxygen atoms in total. The minimum absolute atomic E-state index is 0.194. The average Bonchev–Trinajstić information content (AvgIpc) is 2.39. The Labute approximate surface area is 98.3 Å². The molecule has 17 heavy (non-hydrogen) atoms. The van der Waals surface area contributed by atoms with E-state index >= 15 is 0 Å². The van der Waals surface area contributed by atoms with E-state index in [0.29, 0.717) is 29.8 Å². The Morgan fingerprint density at radius 3 is 3.00 bits per heavy atom. The first kappa shape index (κ1) is 11.6. The van der Waals surface area contributed by atoms with Gasteiger partial charge in [-0.25, -0.2) is 9.18 Å². The van der Waals surface area contributed by atoms with Crippen molar-refractivity contribution in [1.82, 2.24) is 0 Å². The fraction of sp³-hybridized carbons (Fsp3) is 0.333. The summed E-state index contributed by atoms with van der Waals surface area (Å²) in [5, 5.41) is 0. The largest absolute Gasteiger partial charge is 0.445 e. The molecule has 2 rings (SSSR count). The molecule has 0 spiro atoms. The van der Waals surface area contributed by atoms with Gasteiger partial charge in [0.2, 0.25) is 0 Å². The standard InChI is InChI=1S/C12H13FN2O2/c1-7-2-5-11(15-12(16)17-7)9-4-3-8(14)6-10(9)13/h3-4,6-7H,2,5,14H2,1H3. The molecular weight excluding hydrogens is 223 g/mol. The Hall–Kier alpha value is -1.91. The smallest absolute Gasteiger partial charge is 0.434 e. The van der Waals surface area contributed by atoms with Crippen LogP contribution >= 0.6 is 0 Å². The van der Waals surface area contributed by atoms with Crippen LogP contribution in [0, 0.1) is 5.82 Å². The summed E-state index contributed by atoms with van der Waals surface area (Å²) in [6.45, 7) is 1.79. The van der Waals surface area contributed by atoms with Crippen molar-refractivity contribution in [2.24, 2.45) is 4.99 Å². The van der Waals surface area contributed by atoms with Gasteiger partial charge < -0.3 is 10.5 Å². The molecule has 1 aromatic rings. The van der Waals surface area contributed by atoms with E-state index < -0.39 is 11.9 Å². The predicted octanol–water partition coefficient (Wildman–Crippen LogP) is 2.52. The van der Waals surface area contributed by atoms with E-state index in [0.717, 1.165) is 0 Å². The summed E-state index contributed by atoms with van der Waals surface area (Å²) in [4.78, 5) is 15.1. The van der Waals surface area contributed by atoms with Gasteiger partial charge in [0.05, 0.1) is 5.71 Å². The number of carbonyl (C=O) groups is 1. The van der Waals surface area contributed by atoms with Gasteiger partial charge in [0.15, 0.2) is 0 Å². The third-order valence-corrected chi connectivity index (χ3v) is 2.62. The molecule has 5 heteroatoms. The van der Waals surface area contributed by atoms with Crippen LogP contribution in [-0.2, 0) is 4.74 Å². The summed E-state index contributed by atoms with van der Waals surface area (Å²) in [7, 11) is 0. The lowest BCUT2D eigenvalue weighted by molar-refractivity contribution is 0.116. The highest BCUT2D eigenvalue weighted by molar-refractivity contribution is 6.06. The second-order valence-electron chi connectivity index (χ2n) is 4.03. The molecule has 1 aliphatic rings. The van der Waals surface area contributed by atoms with Crippen LogP contribution in [0.5, 0.6) is 0 Å². The maximum atomic E-state index is 13.7. The second kappa shape index (κ2) is 4.53. The SMILES string of the molecule is CC1CCC(c2ccc(N)cc2F)=NC(=O)O1. The number of ether oxygens (including phenoxy) is 1. The van der Waals surface area contributed by atoms with Gasteiger partial charge in [0.25, 0.3) is 0 Å². The highest BCUT2D eigenvalue weighted by Crippen LogP contribution is 2.19. The number of nitrogen functional groups attached to an aromatic ring is 1. The van der Waals surface area contributed by atoms with E-state index in [2.05, 4.69) is 4.99 Å². The van der Waals surface area contributed by atoms with Crippen LogP contribution in [0.25, 0.3) is 0 Å². The minimum Gasteiger partial charge on any atom is -0.445 e. The normalized spacial score (nSPS) is 20.5. The Kier molecular flexibility index (Phi) is 3.08. The number of nitrogens with zero attached hydrogens (tertiary/aromatic N) is 1. The zero-order chi connectivity index (χ0) is 12.4. The van der Waals surface area contributed by atoms with E-state index in [1.165, 1.54) is 12.1 Å². The number of amides is 1. The second-order valence-corrected chi connectivity index (χ2v) is 4.03. The van der Waals surface area contributed by atoms with Crippen molar-refractivity contribution < 1.29 is 13.9 Å². The number of halogens is 1. The zero-order valence-electron chi connectivity index (χ0n) is 9.44. The van der Waals surface area contributed by atoms with Crippen molar-refractivity contribution in [3.05, 3.63) is 29.6 Å². The van der Waals surface area contributed by atoms with E-state index in [9.17, 15) is 9.18 Å². The molecule has 1 atom stereocenters. The van der Waals surface area contributed by atoms with E-state index in [1.54, 1.807) is 13.0 Å². The number of rotatable bonds is 1. The van der Waals surface area contributed by atoms with Crippen LogP contribution in [-0.4, -0.2) is 17.9 Å². The van der Waals surface area contributed by atoms with Gasteiger partial charge in [-0.05, 0) is 38.0 Å². The average molecular weight is 236 g/mol.